The summed E-state index contributed by atoms with van der Waals surface area (Å²) in [6, 6.07) is 0. The summed E-state index contributed by atoms with van der Waals surface area (Å²) in [5, 5.41) is 21.0. The number of nitrogens with two attached hydrogens (primary N) is 1. The van der Waals surface area contributed by atoms with Gasteiger partial charge in [-0.1, -0.05) is 26.2 Å². The Morgan fingerprint density at radius 1 is 1.12 bits per heavy atom. The third kappa shape index (κ3) is 10.1. The third-order valence-corrected chi connectivity index (χ3v) is 3.81. The van der Waals surface area contributed by atoms with E-state index in [0.717, 1.165) is 25.7 Å². The number of rotatable bonds is 14. The Balaban J connectivity index is 4.54. The van der Waals surface area contributed by atoms with Gasteiger partial charge in [0.05, 0.1) is 19.7 Å². The fourth-order valence-corrected chi connectivity index (χ4v) is 2.53. The monoisotopic (exact) mass is 348 g/mol. The second-order valence-electron chi connectivity index (χ2n) is 5.87. The van der Waals surface area contributed by atoms with E-state index in [2.05, 4.69) is 17.1 Å². The highest BCUT2D eigenvalue weighted by molar-refractivity contribution is 5.75. The molecule has 1 atom stereocenters. The summed E-state index contributed by atoms with van der Waals surface area (Å²) in [4.78, 5) is 38.4. The number of nitrogens with zero attached hydrogens (tertiary/aromatic N) is 1. The molecule has 0 aromatic heterocycles. The van der Waals surface area contributed by atoms with E-state index >= 15 is 0 Å². The summed E-state index contributed by atoms with van der Waals surface area (Å²) in [6.45, 7) is 1.58. The van der Waals surface area contributed by atoms with Crippen molar-refractivity contribution in [2.45, 2.75) is 39.0 Å². The van der Waals surface area contributed by atoms with E-state index in [1.54, 1.807) is 0 Å². The predicted molar refractivity (Wildman–Crippen MR) is 86.5 cm³/mol. The molecule has 0 aliphatic carbocycles. The van der Waals surface area contributed by atoms with Gasteiger partial charge in [0.2, 0.25) is 5.91 Å². The molecule has 9 heteroatoms. The quantitative estimate of drug-likeness (QED) is 0.186. The number of hydrogen-bond donors (Lipinski definition) is 4. The Morgan fingerprint density at radius 2 is 1.83 bits per heavy atom. The van der Waals surface area contributed by atoms with Crippen molar-refractivity contribution in [1.82, 2.24) is 5.32 Å². The Morgan fingerprint density at radius 3 is 2.38 bits per heavy atom. The summed E-state index contributed by atoms with van der Waals surface area (Å²) < 4.78 is -0.238. The number of nitrogens with one attached hydrogen (secondary N) is 1. The van der Waals surface area contributed by atoms with Crippen LogP contribution in [0.3, 0.4) is 0 Å². The summed E-state index contributed by atoms with van der Waals surface area (Å²) >= 11 is 0. The molecule has 0 bridgehead atoms. The zero-order chi connectivity index (χ0) is 18.4. The molecule has 0 aliphatic heterocycles. The van der Waals surface area contributed by atoms with E-state index in [0.29, 0.717) is 6.42 Å². The van der Waals surface area contributed by atoms with Gasteiger partial charge in [0.15, 0.2) is 13.1 Å². The maximum Gasteiger partial charge on any atom is 0.380 e. The summed E-state index contributed by atoms with van der Waals surface area (Å²) in [6.07, 6.45) is 4.41. The van der Waals surface area contributed by atoms with Gasteiger partial charge < -0.3 is 24.9 Å². The number of amides is 1. The molecule has 1 unspecified atom stereocenters. The van der Waals surface area contributed by atoms with Gasteiger partial charge in [-0.15, -0.1) is 0 Å². The Labute approximate surface area is 142 Å². The van der Waals surface area contributed by atoms with Crippen LogP contribution in [0.15, 0.2) is 0 Å². The number of carbonyl (C=O) groups excluding carboxylic acids is 2. The normalized spacial score (nSPS) is 13.1. The van der Waals surface area contributed by atoms with Gasteiger partial charge in [-0.25, -0.2) is 9.59 Å². The molecule has 0 fully saturated rings. The first kappa shape index (κ1) is 22.3. The van der Waals surface area contributed by atoms with Crippen molar-refractivity contribution in [2.75, 3.05) is 39.3 Å². The lowest BCUT2D eigenvalue weighted by Gasteiger charge is -2.35. The summed E-state index contributed by atoms with van der Waals surface area (Å²) in [7, 11) is 0. The fraction of sp³-hybridized carbons (Fsp3) is 0.800. The van der Waals surface area contributed by atoms with Crippen molar-refractivity contribution >= 4 is 17.8 Å². The maximum atomic E-state index is 11.8. The molecule has 0 spiro atoms. The first-order chi connectivity index (χ1) is 11.4. The molecule has 1 amide bonds. The highest BCUT2D eigenvalue weighted by atomic mass is 16.7. The largest absolute Gasteiger partial charge is 0.477 e. The molecular weight excluding hydrogens is 318 g/mol. The molecular formula is C15H30N3O6+. The second-order valence-corrected chi connectivity index (χ2v) is 5.87. The number of carbonyl (C=O) groups is 3. The van der Waals surface area contributed by atoms with Crippen LogP contribution >= 0.6 is 0 Å². The zero-order valence-electron chi connectivity index (χ0n) is 14.3. The summed E-state index contributed by atoms with van der Waals surface area (Å²) in [5.41, 5.74) is 0. The average molecular weight is 348 g/mol. The lowest BCUT2D eigenvalue weighted by atomic mass is 10.1. The molecule has 24 heavy (non-hydrogen) atoms. The Kier molecular flexibility index (Phi) is 11.8. The molecule has 0 aromatic carbocycles. The topological polar surface area (TPSA) is 139 Å². The van der Waals surface area contributed by atoms with Crippen molar-refractivity contribution in [1.29, 1.82) is 0 Å². The second kappa shape index (κ2) is 12.7. The molecule has 0 radical (unpaired) electrons. The molecule has 5 N–H and O–H groups in total. The predicted octanol–water partition coefficient (Wildman–Crippen LogP) is -0.616. The SMILES string of the molecule is CCCCCCC(=O)NCC[N+](CCO)(CC(=O)O)CC(=O)ON. The number of quaternary nitrogens is 1. The van der Waals surface area contributed by atoms with Gasteiger partial charge >= 0.3 is 11.9 Å². The molecule has 9 nitrogen and oxygen atoms in total. The van der Waals surface area contributed by atoms with Crippen molar-refractivity contribution in [3.63, 3.8) is 0 Å². The molecule has 0 saturated heterocycles. The number of hydrogen-bond acceptors (Lipinski definition) is 6. The van der Waals surface area contributed by atoms with Crippen LogP contribution in [0.2, 0.25) is 0 Å². The van der Waals surface area contributed by atoms with Gasteiger partial charge in [-0.05, 0) is 6.42 Å². The maximum absolute atomic E-state index is 11.8. The van der Waals surface area contributed by atoms with E-state index in [-0.39, 0.29) is 49.7 Å². The van der Waals surface area contributed by atoms with E-state index in [1.807, 2.05) is 0 Å². The number of unbranched alkanes of at least 4 members (excludes halogenated alkanes) is 3. The van der Waals surface area contributed by atoms with Crippen molar-refractivity contribution < 1.29 is 33.9 Å². The number of carboxylic acids is 1. The zero-order valence-corrected chi connectivity index (χ0v) is 14.3. The van der Waals surface area contributed by atoms with Crippen LogP contribution in [0.25, 0.3) is 0 Å². The van der Waals surface area contributed by atoms with E-state index in [9.17, 15) is 19.5 Å². The van der Waals surface area contributed by atoms with Crippen LogP contribution in [-0.2, 0) is 19.2 Å². The van der Waals surface area contributed by atoms with Gasteiger partial charge in [0, 0.05) is 6.42 Å². The minimum atomic E-state index is -1.11. The van der Waals surface area contributed by atoms with Crippen molar-refractivity contribution in [3.8, 4) is 0 Å². The standard InChI is InChI=1S/C15H29N3O6/c1-2-3-4-5-6-13(20)17-7-8-18(9-10-19,11-14(21)22)12-15(23)24-16/h19H,2-12,16H2,1H3,(H-,17,20,21,22)/p+1. The van der Waals surface area contributed by atoms with Gasteiger partial charge in [-0.3, -0.25) is 4.79 Å². The molecule has 0 saturated carbocycles. The van der Waals surface area contributed by atoms with E-state index < -0.39 is 11.9 Å². The lowest BCUT2D eigenvalue weighted by Crippen LogP contribution is -2.58. The minimum absolute atomic E-state index is 0.0494. The first-order valence-electron chi connectivity index (χ1n) is 8.23. The molecule has 0 aliphatic rings. The van der Waals surface area contributed by atoms with E-state index in [4.69, 9.17) is 11.0 Å². The lowest BCUT2D eigenvalue weighted by molar-refractivity contribution is -0.913. The highest BCUT2D eigenvalue weighted by Crippen LogP contribution is 2.07. The van der Waals surface area contributed by atoms with Crippen LogP contribution in [0.1, 0.15) is 39.0 Å². The highest BCUT2D eigenvalue weighted by Gasteiger charge is 2.33. The number of aliphatic carboxylic acids is 1. The van der Waals surface area contributed by atoms with Crippen LogP contribution in [0.5, 0.6) is 0 Å². The van der Waals surface area contributed by atoms with Crippen molar-refractivity contribution in [3.05, 3.63) is 0 Å². The van der Waals surface area contributed by atoms with Crippen LogP contribution in [-0.4, -0.2) is 71.9 Å². The Bertz CT molecular complexity index is 405. The number of aliphatic hydroxyl groups excluding tert-OH is 1. The van der Waals surface area contributed by atoms with Gasteiger partial charge in [0.1, 0.15) is 6.54 Å². The first-order valence-corrected chi connectivity index (χ1v) is 8.23. The fourth-order valence-electron chi connectivity index (χ4n) is 2.53. The third-order valence-electron chi connectivity index (χ3n) is 3.81. The molecule has 0 rings (SSSR count). The van der Waals surface area contributed by atoms with Gasteiger partial charge in [-0.2, -0.15) is 5.90 Å². The molecule has 140 valence electrons. The van der Waals surface area contributed by atoms with Gasteiger partial charge in [0.25, 0.3) is 0 Å². The minimum Gasteiger partial charge on any atom is -0.477 e. The number of aliphatic hydroxyl groups is 1. The summed E-state index contributed by atoms with van der Waals surface area (Å²) in [5.74, 6) is 2.84. The number of carboxylic acid groups (broad SMARTS) is 1. The smallest absolute Gasteiger partial charge is 0.380 e. The van der Waals surface area contributed by atoms with Crippen molar-refractivity contribution in [2.24, 2.45) is 5.90 Å². The average Bonchev–Trinajstić information content (AvgIpc) is 2.51. The Hall–Kier alpha value is -1.71. The molecule has 0 aromatic rings. The molecule has 0 heterocycles. The van der Waals surface area contributed by atoms with Crippen LogP contribution in [0.4, 0.5) is 0 Å². The van der Waals surface area contributed by atoms with Crippen LogP contribution < -0.4 is 11.2 Å². The van der Waals surface area contributed by atoms with E-state index in [1.165, 1.54) is 0 Å². The van der Waals surface area contributed by atoms with Crippen LogP contribution in [0, 0.1) is 0 Å².